The minimum absolute atomic E-state index is 0.281. The summed E-state index contributed by atoms with van der Waals surface area (Å²) in [6, 6.07) is 0. The van der Waals surface area contributed by atoms with Gasteiger partial charge in [0, 0.05) is 11.3 Å². The van der Waals surface area contributed by atoms with E-state index in [0.717, 1.165) is 5.75 Å². The molecule has 0 atom stereocenters. The molecular formula is C9H18O2SSi. The molecule has 0 aliphatic rings. The van der Waals surface area contributed by atoms with E-state index in [1.54, 1.807) is 6.92 Å². The summed E-state index contributed by atoms with van der Waals surface area (Å²) in [7, 11) is -1.05. The smallest absolute Gasteiger partial charge is 0.333 e. The number of rotatable bonds is 5. The third-order valence-corrected chi connectivity index (χ3v) is 5.65. The summed E-state index contributed by atoms with van der Waals surface area (Å²) in [5.74, 6) is 0.616. The van der Waals surface area contributed by atoms with Crippen molar-refractivity contribution in [1.29, 1.82) is 0 Å². The van der Waals surface area contributed by atoms with E-state index in [0.29, 0.717) is 12.2 Å². The van der Waals surface area contributed by atoms with E-state index in [4.69, 9.17) is 4.74 Å². The van der Waals surface area contributed by atoms with E-state index in [1.807, 2.05) is 11.2 Å². The average molecular weight is 218 g/mol. The first-order chi connectivity index (χ1) is 5.83. The van der Waals surface area contributed by atoms with Crippen molar-refractivity contribution in [2.75, 3.05) is 12.4 Å². The van der Waals surface area contributed by atoms with Crippen LogP contribution in [-0.2, 0) is 9.53 Å². The van der Waals surface area contributed by atoms with Crippen molar-refractivity contribution in [2.45, 2.75) is 26.6 Å². The van der Waals surface area contributed by atoms with Crippen LogP contribution in [0.4, 0.5) is 0 Å². The SMILES string of the molecule is C=C(C)C(=O)OCCS[Si](C)(C)C. The van der Waals surface area contributed by atoms with Crippen LogP contribution in [0.5, 0.6) is 0 Å². The lowest BCUT2D eigenvalue weighted by Crippen LogP contribution is -2.17. The molecule has 0 aromatic heterocycles. The van der Waals surface area contributed by atoms with Gasteiger partial charge in [-0.3, -0.25) is 0 Å². The third kappa shape index (κ3) is 8.12. The topological polar surface area (TPSA) is 26.3 Å². The van der Waals surface area contributed by atoms with E-state index in [9.17, 15) is 4.79 Å². The van der Waals surface area contributed by atoms with Crippen molar-refractivity contribution in [3.8, 4) is 0 Å². The quantitative estimate of drug-likeness (QED) is 0.307. The minimum Gasteiger partial charge on any atom is -0.461 e. The summed E-state index contributed by atoms with van der Waals surface area (Å²) in [6.07, 6.45) is 0. The molecule has 0 radical (unpaired) electrons. The Morgan fingerprint density at radius 1 is 1.46 bits per heavy atom. The lowest BCUT2D eigenvalue weighted by Gasteiger charge is -2.14. The first-order valence-electron chi connectivity index (χ1n) is 4.29. The van der Waals surface area contributed by atoms with Gasteiger partial charge in [-0.1, -0.05) is 26.2 Å². The van der Waals surface area contributed by atoms with Crippen LogP contribution in [0.15, 0.2) is 12.2 Å². The molecule has 2 nitrogen and oxygen atoms in total. The molecule has 0 rings (SSSR count). The van der Waals surface area contributed by atoms with E-state index in [1.165, 1.54) is 0 Å². The monoisotopic (exact) mass is 218 g/mol. The van der Waals surface area contributed by atoms with Crippen molar-refractivity contribution >= 4 is 24.4 Å². The van der Waals surface area contributed by atoms with Gasteiger partial charge in [-0.2, -0.15) is 11.2 Å². The van der Waals surface area contributed by atoms with Gasteiger partial charge in [0.15, 0.2) is 0 Å². The predicted molar refractivity (Wildman–Crippen MR) is 61.6 cm³/mol. The second-order valence-corrected chi connectivity index (χ2v) is 13.3. The number of esters is 1. The fourth-order valence-corrected chi connectivity index (χ4v) is 3.47. The molecule has 0 aromatic rings. The Bertz CT molecular complexity index is 196. The molecule has 0 aliphatic carbocycles. The van der Waals surface area contributed by atoms with Gasteiger partial charge in [0.2, 0.25) is 0 Å². The molecule has 0 saturated carbocycles. The summed E-state index contributed by atoms with van der Waals surface area (Å²) in [5.41, 5.74) is 0.470. The highest BCUT2D eigenvalue weighted by Crippen LogP contribution is 2.18. The molecule has 0 spiro atoms. The lowest BCUT2D eigenvalue weighted by atomic mass is 10.4. The molecule has 13 heavy (non-hydrogen) atoms. The number of ether oxygens (including phenoxy) is 1. The molecule has 0 aliphatic heterocycles. The summed E-state index contributed by atoms with van der Waals surface area (Å²) in [4.78, 5) is 10.9. The Balaban J connectivity index is 3.47. The number of carbonyl (C=O) groups excluding carboxylic acids is 1. The van der Waals surface area contributed by atoms with Crippen LogP contribution in [0.3, 0.4) is 0 Å². The maximum Gasteiger partial charge on any atom is 0.333 e. The van der Waals surface area contributed by atoms with Crippen LogP contribution >= 0.6 is 11.2 Å². The van der Waals surface area contributed by atoms with Crippen molar-refractivity contribution in [3.63, 3.8) is 0 Å². The molecule has 0 aromatic carbocycles. The van der Waals surface area contributed by atoms with Gasteiger partial charge in [-0.25, -0.2) is 4.79 Å². The van der Waals surface area contributed by atoms with Crippen LogP contribution in [0, 0.1) is 0 Å². The van der Waals surface area contributed by atoms with Gasteiger partial charge in [-0.05, 0) is 6.92 Å². The molecule has 0 N–H and O–H groups in total. The lowest BCUT2D eigenvalue weighted by molar-refractivity contribution is -0.138. The zero-order chi connectivity index (χ0) is 10.5. The summed E-state index contributed by atoms with van der Waals surface area (Å²) < 4.78 is 4.96. The molecule has 0 heterocycles. The first-order valence-corrected chi connectivity index (χ1v) is 9.50. The van der Waals surface area contributed by atoms with Gasteiger partial charge >= 0.3 is 5.97 Å². The van der Waals surface area contributed by atoms with Crippen molar-refractivity contribution in [3.05, 3.63) is 12.2 Å². The van der Waals surface area contributed by atoms with Crippen LogP contribution in [0.1, 0.15) is 6.92 Å². The normalized spacial score (nSPS) is 11.1. The van der Waals surface area contributed by atoms with E-state index >= 15 is 0 Å². The maximum atomic E-state index is 10.9. The third-order valence-electron chi connectivity index (χ3n) is 1.20. The summed E-state index contributed by atoms with van der Waals surface area (Å²) in [5, 5.41) is 0. The van der Waals surface area contributed by atoms with Gasteiger partial charge < -0.3 is 4.74 Å². The number of hydrogen-bond donors (Lipinski definition) is 0. The predicted octanol–water partition coefficient (Wildman–Crippen LogP) is 2.67. The Labute approximate surface area is 85.4 Å². The van der Waals surface area contributed by atoms with Gasteiger partial charge in [0.05, 0.1) is 0 Å². The maximum absolute atomic E-state index is 10.9. The fraction of sp³-hybridized carbons (Fsp3) is 0.667. The molecule has 0 amide bonds. The molecular weight excluding hydrogens is 200 g/mol. The Hall–Kier alpha value is -0.223. The highest BCUT2D eigenvalue weighted by atomic mass is 32.4. The second kappa shape index (κ2) is 5.50. The largest absolute Gasteiger partial charge is 0.461 e. The van der Waals surface area contributed by atoms with Crippen molar-refractivity contribution < 1.29 is 9.53 Å². The Kier molecular flexibility index (Phi) is 5.40. The zero-order valence-electron chi connectivity index (χ0n) is 8.85. The van der Waals surface area contributed by atoms with E-state index in [2.05, 4.69) is 26.2 Å². The summed E-state index contributed by atoms with van der Waals surface area (Å²) >= 11 is 1.92. The van der Waals surface area contributed by atoms with Gasteiger partial charge in [0.25, 0.3) is 0 Å². The van der Waals surface area contributed by atoms with Gasteiger partial charge in [0.1, 0.15) is 13.8 Å². The molecule has 0 fully saturated rings. The standard InChI is InChI=1S/C9H18O2SSi/c1-8(2)9(10)11-6-7-12-13(3,4)5/h1,6-7H2,2-5H3. The molecule has 76 valence electrons. The van der Waals surface area contributed by atoms with E-state index in [-0.39, 0.29) is 5.97 Å². The average Bonchev–Trinajstić information content (AvgIpc) is 1.95. The highest BCUT2D eigenvalue weighted by Gasteiger charge is 2.13. The summed E-state index contributed by atoms with van der Waals surface area (Å²) in [6.45, 7) is 12.5. The molecule has 0 bridgehead atoms. The first kappa shape index (κ1) is 12.8. The molecule has 0 saturated heterocycles. The van der Waals surface area contributed by atoms with Crippen LogP contribution in [0.2, 0.25) is 19.6 Å². The Morgan fingerprint density at radius 3 is 2.38 bits per heavy atom. The number of hydrogen-bond acceptors (Lipinski definition) is 3. The highest BCUT2D eigenvalue weighted by molar-refractivity contribution is 8.28. The van der Waals surface area contributed by atoms with Crippen LogP contribution < -0.4 is 0 Å². The molecule has 0 unspecified atom stereocenters. The second-order valence-electron chi connectivity index (χ2n) is 3.88. The Morgan fingerprint density at radius 2 is 2.00 bits per heavy atom. The fourth-order valence-electron chi connectivity index (χ4n) is 0.605. The van der Waals surface area contributed by atoms with Gasteiger partial charge in [-0.15, -0.1) is 0 Å². The molecule has 4 heteroatoms. The van der Waals surface area contributed by atoms with Crippen LogP contribution in [0.25, 0.3) is 0 Å². The minimum atomic E-state index is -1.05. The van der Waals surface area contributed by atoms with Crippen molar-refractivity contribution in [1.82, 2.24) is 0 Å². The van der Waals surface area contributed by atoms with Crippen molar-refractivity contribution in [2.24, 2.45) is 0 Å². The van der Waals surface area contributed by atoms with E-state index < -0.39 is 7.22 Å². The number of carbonyl (C=O) groups is 1. The van der Waals surface area contributed by atoms with Crippen LogP contribution in [-0.4, -0.2) is 25.6 Å². The zero-order valence-corrected chi connectivity index (χ0v) is 10.7.